The molecule has 138 valence electrons. The molecule has 26 heavy (non-hydrogen) atoms. The lowest BCUT2D eigenvalue weighted by atomic mass is 10.1. The van der Waals surface area contributed by atoms with Crippen molar-refractivity contribution in [3.8, 4) is 0 Å². The van der Waals surface area contributed by atoms with Gasteiger partial charge in [-0.1, -0.05) is 18.2 Å². The maximum Gasteiger partial charge on any atom is 0.416 e. The fourth-order valence-electron chi connectivity index (χ4n) is 2.16. The number of hydroxylamine groups is 1. The number of hydrogen-bond acceptors (Lipinski definition) is 3. The first-order valence-corrected chi connectivity index (χ1v) is 7.55. The van der Waals surface area contributed by atoms with Gasteiger partial charge in [0.05, 0.1) is 5.56 Å². The van der Waals surface area contributed by atoms with Crippen LogP contribution in [0.5, 0.6) is 0 Å². The molecule has 0 heterocycles. The number of hydrogen-bond donors (Lipinski definition) is 4. The molecule has 0 radical (unpaired) electrons. The van der Waals surface area contributed by atoms with Gasteiger partial charge in [-0.2, -0.15) is 13.2 Å². The molecule has 0 bridgehead atoms. The van der Waals surface area contributed by atoms with Gasteiger partial charge in [-0.3, -0.25) is 10.0 Å². The molecule has 0 aliphatic carbocycles. The van der Waals surface area contributed by atoms with Crippen molar-refractivity contribution < 1.29 is 28.0 Å². The van der Waals surface area contributed by atoms with Crippen LogP contribution in [0, 0.1) is 0 Å². The minimum atomic E-state index is -4.48. The zero-order valence-corrected chi connectivity index (χ0v) is 13.4. The number of urea groups is 1. The maximum absolute atomic E-state index is 12.6. The molecular weight excluding hydrogens is 351 g/mol. The highest BCUT2D eigenvalue weighted by molar-refractivity contribution is 5.93. The Labute approximate surface area is 147 Å². The number of carbonyl (C=O) groups is 2. The third-order valence-electron chi connectivity index (χ3n) is 3.46. The van der Waals surface area contributed by atoms with Crippen molar-refractivity contribution in [2.45, 2.75) is 12.6 Å². The van der Waals surface area contributed by atoms with E-state index in [2.05, 4.69) is 10.6 Å². The molecule has 0 saturated carbocycles. The van der Waals surface area contributed by atoms with Gasteiger partial charge in [-0.15, -0.1) is 0 Å². The topological polar surface area (TPSA) is 90.5 Å². The van der Waals surface area contributed by atoms with Crippen LogP contribution >= 0.6 is 0 Å². The highest BCUT2D eigenvalue weighted by Gasteiger charge is 2.30. The Morgan fingerprint density at radius 1 is 1.04 bits per heavy atom. The molecule has 0 aromatic heterocycles. The quantitative estimate of drug-likeness (QED) is 0.483. The zero-order valence-electron chi connectivity index (χ0n) is 13.4. The van der Waals surface area contributed by atoms with Crippen molar-refractivity contribution in [1.29, 1.82) is 0 Å². The second kappa shape index (κ2) is 8.34. The molecule has 6 nitrogen and oxygen atoms in total. The molecule has 0 unspecified atom stereocenters. The first-order valence-electron chi connectivity index (χ1n) is 7.55. The number of rotatable bonds is 5. The van der Waals surface area contributed by atoms with E-state index in [1.807, 2.05) is 0 Å². The normalized spacial score (nSPS) is 10.9. The molecule has 9 heteroatoms. The summed E-state index contributed by atoms with van der Waals surface area (Å²) < 4.78 is 37.9. The van der Waals surface area contributed by atoms with E-state index in [1.54, 1.807) is 12.1 Å². The van der Waals surface area contributed by atoms with Gasteiger partial charge in [-0.05, 0) is 42.3 Å². The van der Waals surface area contributed by atoms with Crippen LogP contribution in [0.1, 0.15) is 21.5 Å². The highest BCUT2D eigenvalue weighted by Crippen LogP contribution is 2.30. The van der Waals surface area contributed by atoms with Crippen LogP contribution in [-0.4, -0.2) is 23.7 Å². The molecule has 0 spiro atoms. The Morgan fingerprint density at radius 2 is 1.73 bits per heavy atom. The fourth-order valence-corrected chi connectivity index (χ4v) is 2.16. The predicted molar refractivity (Wildman–Crippen MR) is 87.9 cm³/mol. The largest absolute Gasteiger partial charge is 0.416 e. The van der Waals surface area contributed by atoms with E-state index < -0.39 is 23.7 Å². The molecule has 0 fully saturated rings. The van der Waals surface area contributed by atoms with Crippen LogP contribution in [0.15, 0.2) is 48.5 Å². The molecule has 2 rings (SSSR count). The van der Waals surface area contributed by atoms with E-state index >= 15 is 0 Å². The smallest absolute Gasteiger partial charge is 0.338 e. The van der Waals surface area contributed by atoms with Crippen LogP contribution in [0.2, 0.25) is 0 Å². The van der Waals surface area contributed by atoms with Gasteiger partial charge < -0.3 is 10.6 Å². The van der Waals surface area contributed by atoms with Crippen LogP contribution in [-0.2, 0) is 12.6 Å². The minimum absolute atomic E-state index is 0.0386. The van der Waals surface area contributed by atoms with Gasteiger partial charge in [-0.25, -0.2) is 10.3 Å². The van der Waals surface area contributed by atoms with Gasteiger partial charge in [0.15, 0.2) is 0 Å². The van der Waals surface area contributed by atoms with Gasteiger partial charge >= 0.3 is 12.2 Å². The van der Waals surface area contributed by atoms with Crippen LogP contribution < -0.4 is 16.1 Å². The summed E-state index contributed by atoms with van der Waals surface area (Å²) in [6.07, 6.45) is -4.02. The molecule has 0 aliphatic heterocycles. The third-order valence-corrected chi connectivity index (χ3v) is 3.46. The van der Waals surface area contributed by atoms with E-state index in [1.165, 1.54) is 29.7 Å². The van der Waals surface area contributed by atoms with E-state index in [0.29, 0.717) is 6.42 Å². The van der Waals surface area contributed by atoms with Gasteiger partial charge in [0.1, 0.15) is 0 Å². The summed E-state index contributed by atoms with van der Waals surface area (Å²) >= 11 is 0. The summed E-state index contributed by atoms with van der Waals surface area (Å²) in [5.41, 5.74) is 1.83. The Balaban J connectivity index is 1.83. The summed E-state index contributed by atoms with van der Waals surface area (Å²) in [5, 5.41) is 13.4. The summed E-state index contributed by atoms with van der Waals surface area (Å²) in [6.45, 7) is 0.246. The van der Waals surface area contributed by atoms with E-state index in [0.717, 1.165) is 17.7 Å². The zero-order chi connectivity index (χ0) is 19.2. The Kier molecular flexibility index (Phi) is 6.18. The van der Waals surface area contributed by atoms with Crippen LogP contribution in [0.25, 0.3) is 0 Å². The van der Waals surface area contributed by atoms with Crippen molar-refractivity contribution in [3.63, 3.8) is 0 Å². The summed E-state index contributed by atoms with van der Waals surface area (Å²) in [4.78, 5) is 23.0. The first kappa shape index (κ1) is 19.3. The number of nitrogens with one attached hydrogen (secondary N) is 3. The second-order valence-electron chi connectivity index (χ2n) is 5.35. The van der Waals surface area contributed by atoms with Gasteiger partial charge in [0.2, 0.25) is 0 Å². The molecule has 4 N–H and O–H groups in total. The van der Waals surface area contributed by atoms with E-state index in [-0.39, 0.29) is 17.8 Å². The summed E-state index contributed by atoms with van der Waals surface area (Å²) in [6, 6.07) is 10.1. The number of alkyl halides is 3. The van der Waals surface area contributed by atoms with E-state index in [9.17, 15) is 22.8 Å². The third kappa shape index (κ3) is 5.49. The number of carbonyl (C=O) groups excluding carboxylic acids is 2. The Hall–Kier alpha value is -3.07. The lowest BCUT2D eigenvalue weighted by Gasteiger charge is -2.11. The monoisotopic (exact) mass is 367 g/mol. The minimum Gasteiger partial charge on any atom is -0.338 e. The standard InChI is InChI=1S/C17H16F3N3O3/c18-17(19,20)13-2-1-3-14(10-13)22-16(25)21-9-8-11-4-6-12(7-5-11)15(24)23-26/h1-7,10,26H,8-9H2,(H,23,24)(H2,21,22,25). The molecule has 0 atom stereocenters. The number of anilines is 1. The molecule has 2 aromatic carbocycles. The van der Waals surface area contributed by atoms with Crippen molar-refractivity contribution >= 4 is 17.6 Å². The second-order valence-corrected chi connectivity index (χ2v) is 5.35. The van der Waals surface area contributed by atoms with Crippen molar-refractivity contribution in [2.24, 2.45) is 0 Å². The van der Waals surface area contributed by atoms with Gasteiger partial charge in [0.25, 0.3) is 5.91 Å². The van der Waals surface area contributed by atoms with Crippen molar-refractivity contribution in [3.05, 3.63) is 65.2 Å². The molecular formula is C17H16F3N3O3. The van der Waals surface area contributed by atoms with Crippen LogP contribution in [0.4, 0.5) is 23.7 Å². The van der Waals surface area contributed by atoms with Crippen LogP contribution in [0.3, 0.4) is 0 Å². The average Bonchev–Trinajstić information content (AvgIpc) is 2.61. The first-order chi connectivity index (χ1) is 12.3. The number of amides is 3. The predicted octanol–water partition coefficient (Wildman–Crippen LogP) is 3.19. The SMILES string of the molecule is O=C(NCCc1ccc(C(=O)NO)cc1)Nc1cccc(C(F)(F)F)c1. The van der Waals surface area contributed by atoms with Crippen molar-refractivity contribution in [2.75, 3.05) is 11.9 Å². The Morgan fingerprint density at radius 3 is 2.35 bits per heavy atom. The summed E-state index contributed by atoms with van der Waals surface area (Å²) in [7, 11) is 0. The lowest BCUT2D eigenvalue weighted by Crippen LogP contribution is -2.30. The van der Waals surface area contributed by atoms with Gasteiger partial charge in [0, 0.05) is 17.8 Å². The van der Waals surface area contributed by atoms with Crippen molar-refractivity contribution in [1.82, 2.24) is 10.8 Å². The number of benzene rings is 2. The summed E-state index contributed by atoms with van der Waals surface area (Å²) in [5.74, 6) is -0.630. The molecule has 2 aromatic rings. The highest BCUT2D eigenvalue weighted by atomic mass is 19.4. The molecule has 3 amide bonds. The van der Waals surface area contributed by atoms with E-state index in [4.69, 9.17) is 5.21 Å². The number of halogens is 3. The average molecular weight is 367 g/mol. The maximum atomic E-state index is 12.6. The fraction of sp³-hybridized carbons (Fsp3) is 0.176. The lowest BCUT2D eigenvalue weighted by molar-refractivity contribution is -0.137. The molecule has 0 aliphatic rings. The Bertz CT molecular complexity index is 777. The molecule has 0 saturated heterocycles.